The number of carbonyl (C=O) groups is 1. The van der Waals surface area contributed by atoms with Crippen molar-refractivity contribution >= 4 is 28.1 Å². The average Bonchev–Trinajstić information content (AvgIpc) is 2.41. The van der Waals surface area contributed by atoms with Gasteiger partial charge in [0.05, 0.1) is 17.9 Å². The summed E-state index contributed by atoms with van der Waals surface area (Å²) >= 11 is 0. The minimum absolute atomic E-state index is 0.0311. The second kappa shape index (κ2) is 7.84. The molecular formula is C13H19FN2O3S. The highest BCUT2D eigenvalue weighted by molar-refractivity contribution is 7.84. The monoisotopic (exact) mass is 302 g/mol. The van der Waals surface area contributed by atoms with Crippen LogP contribution in [-0.4, -0.2) is 34.8 Å². The zero-order chi connectivity index (χ0) is 15.1. The maximum atomic E-state index is 13.7. The van der Waals surface area contributed by atoms with Crippen LogP contribution in [0.2, 0.25) is 0 Å². The van der Waals surface area contributed by atoms with Crippen LogP contribution < -0.4 is 11.1 Å². The lowest BCUT2D eigenvalue weighted by Crippen LogP contribution is -2.14. The molecule has 1 aromatic carbocycles. The summed E-state index contributed by atoms with van der Waals surface area (Å²) in [4.78, 5) is 11.7. The lowest BCUT2D eigenvalue weighted by molar-refractivity contribution is 0.0527. The molecule has 0 fully saturated rings. The van der Waals surface area contributed by atoms with Gasteiger partial charge in [0, 0.05) is 34.5 Å². The van der Waals surface area contributed by atoms with Crippen molar-refractivity contribution in [2.45, 2.75) is 13.8 Å². The van der Waals surface area contributed by atoms with E-state index in [0.29, 0.717) is 18.1 Å². The van der Waals surface area contributed by atoms with Crippen LogP contribution in [0, 0.1) is 5.82 Å². The van der Waals surface area contributed by atoms with Gasteiger partial charge in [-0.05, 0) is 19.1 Å². The van der Waals surface area contributed by atoms with E-state index in [2.05, 4.69) is 5.32 Å². The average molecular weight is 302 g/mol. The number of halogens is 1. The predicted molar refractivity (Wildman–Crippen MR) is 78.8 cm³/mol. The molecule has 7 heteroatoms. The third-order valence-corrected chi connectivity index (χ3v) is 3.91. The van der Waals surface area contributed by atoms with Crippen LogP contribution in [0.1, 0.15) is 24.2 Å². The molecule has 20 heavy (non-hydrogen) atoms. The van der Waals surface area contributed by atoms with Gasteiger partial charge in [0.1, 0.15) is 5.82 Å². The molecule has 1 unspecified atom stereocenters. The highest BCUT2D eigenvalue weighted by Crippen LogP contribution is 2.22. The van der Waals surface area contributed by atoms with Crippen molar-refractivity contribution < 1.29 is 18.1 Å². The Morgan fingerprint density at radius 2 is 2.15 bits per heavy atom. The van der Waals surface area contributed by atoms with Gasteiger partial charge in [-0.25, -0.2) is 9.18 Å². The van der Waals surface area contributed by atoms with E-state index in [-0.39, 0.29) is 23.5 Å². The van der Waals surface area contributed by atoms with Crippen molar-refractivity contribution in [3.63, 3.8) is 0 Å². The first kappa shape index (κ1) is 16.4. The Bertz CT molecular complexity index is 509. The van der Waals surface area contributed by atoms with Gasteiger partial charge in [0.2, 0.25) is 0 Å². The molecule has 0 radical (unpaired) electrons. The number of hydrogen-bond donors (Lipinski definition) is 2. The van der Waals surface area contributed by atoms with Crippen LogP contribution in [0.4, 0.5) is 15.8 Å². The van der Waals surface area contributed by atoms with Gasteiger partial charge < -0.3 is 15.8 Å². The number of ether oxygens (including phenoxy) is 1. The first-order valence-corrected chi connectivity index (χ1v) is 7.83. The van der Waals surface area contributed by atoms with Crippen LogP contribution in [0.25, 0.3) is 0 Å². The molecule has 0 aliphatic heterocycles. The number of anilines is 2. The highest BCUT2D eigenvalue weighted by Gasteiger charge is 2.15. The SMILES string of the molecule is CCOC(=O)c1cc(NCCS(=O)CC)c(F)cc1N. The Hall–Kier alpha value is -1.63. The van der Waals surface area contributed by atoms with Crippen molar-refractivity contribution in [3.8, 4) is 0 Å². The number of hydrogen-bond acceptors (Lipinski definition) is 5. The van der Waals surface area contributed by atoms with Crippen molar-refractivity contribution in [1.29, 1.82) is 0 Å². The van der Waals surface area contributed by atoms with E-state index in [4.69, 9.17) is 10.5 Å². The molecule has 0 aliphatic rings. The molecule has 3 N–H and O–H groups in total. The van der Waals surface area contributed by atoms with Gasteiger partial charge in [-0.2, -0.15) is 0 Å². The molecule has 5 nitrogen and oxygen atoms in total. The molecule has 0 heterocycles. The number of nitrogens with two attached hydrogens (primary N) is 1. The van der Waals surface area contributed by atoms with Crippen LogP contribution in [0.3, 0.4) is 0 Å². The first-order chi connectivity index (χ1) is 9.49. The van der Waals surface area contributed by atoms with Crippen molar-refractivity contribution in [2.75, 3.05) is 35.7 Å². The third-order valence-electron chi connectivity index (χ3n) is 2.60. The summed E-state index contributed by atoms with van der Waals surface area (Å²) in [5, 5.41) is 2.81. The smallest absolute Gasteiger partial charge is 0.340 e. The second-order valence-electron chi connectivity index (χ2n) is 4.00. The zero-order valence-corrected chi connectivity index (χ0v) is 12.4. The fraction of sp³-hybridized carbons (Fsp3) is 0.462. The summed E-state index contributed by atoms with van der Waals surface area (Å²) in [6.07, 6.45) is 0. The number of nitrogens with one attached hydrogen (secondary N) is 1. The number of rotatable bonds is 7. The largest absolute Gasteiger partial charge is 0.462 e. The summed E-state index contributed by atoms with van der Waals surface area (Å²) in [7, 11) is -0.930. The molecule has 0 aromatic heterocycles. The topological polar surface area (TPSA) is 81.4 Å². The lowest BCUT2D eigenvalue weighted by atomic mass is 10.1. The molecule has 1 aromatic rings. The van der Waals surface area contributed by atoms with Crippen molar-refractivity contribution in [1.82, 2.24) is 0 Å². The number of nitrogen functional groups attached to an aromatic ring is 1. The molecule has 1 rings (SSSR count). The summed E-state index contributed by atoms with van der Waals surface area (Å²) in [5.74, 6) is -0.183. The normalized spacial score (nSPS) is 11.9. The van der Waals surface area contributed by atoms with Gasteiger partial charge in [0.25, 0.3) is 0 Å². The maximum Gasteiger partial charge on any atom is 0.340 e. The summed E-state index contributed by atoms with van der Waals surface area (Å²) in [6, 6.07) is 2.39. The fourth-order valence-electron chi connectivity index (χ4n) is 1.55. The van der Waals surface area contributed by atoms with Crippen LogP contribution in [0.15, 0.2) is 12.1 Å². The Kier molecular flexibility index (Phi) is 6.44. The molecule has 0 aliphatic carbocycles. The van der Waals surface area contributed by atoms with Gasteiger partial charge >= 0.3 is 5.97 Å². The van der Waals surface area contributed by atoms with Crippen LogP contribution >= 0.6 is 0 Å². The Morgan fingerprint density at radius 1 is 1.45 bits per heavy atom. The highest BCUT2D eigenvalue weighted by atomic mass is 32.2. The molecule has 0 saturated heterocycles. The molecule has 112 valence electrons. The van der Waals surface area contributed by atoms with E-state index in [0.717, 1.165) is 6.07 Å². The van der Waals surface area contributed by atoms with E-state index in [1.165, 1.54) is 6.07 Å². The summed E-state index contributed by atoms with van der Waals surface area (Å²) in [6.45, 7) is 4.06. The van der Waals surface area contributed by atoms with Crippen molar-refractivity contribution in [2.24, 2.45) is 0 Å². The molecule has 0 amide bonds. The van der Waals surface area contributed by atoms with Crippen molar-refractivity contribution in [3.05, 3.63) is 23.5 Å². The molecule has 1 atom stereocenters. The predicted octanol–water partition coefficient (Wildman–Crippen LogP) is 1.77. The lowest BCUT2D eigenvalue weighted by Gasteiger charge is -2.11. The molecule has 0 saturated carbocycles. The molecular weight excluding hydrogens is 283 g/mol. The quantitative estimate of drug-likeness (QED) is 0.592. The van der Waals surface area contributed by atoms with Gasteiger partial charge in [-0.3, -0.25) is 4.21 Å². The van der Waals surface area contributed by atoms with Crippen LogP contribution in [0.5, 0.6) is 0 Å². The minimum Gasteiger partial charge on any atom is -0.462 e. The number of esters is 1. The minimum atomic E-state index is -0.930. The van der Waals surface area contributed by atoms with E-state index in [1.54, 1.807) is 6.92 Å². The van der Waals surface area contributed by atoms with Crippen LogP contribution in [-0.2, 0) is 15.5 Å². The third kappa shape index (κ3) is 4.48. The zero-order valence-electron chi connectivity index (χ0n) is 11.6. The molecule has 0 bridgehead atoms. The Balaban J connectivity index is 2.83. The van der Waals surface area contributed by atoms with Gasteiger partial charge in [-0.15, -0.1) is 0 Å². The maximum absolute atomic E-state index is 13.7. The second-order valence-corrected chi connectivity index (χ2v) is 5.86. The fourth-order valence-corrected chi connectivity index (χ4v) is 2.17. The van der Waals surface area contributed by atoms with Gasteiger partial charge in [-0.1, -0.05) is 6.92 Å². The van der Waals surface area contributed by atoms with Gasteiger partial charge in [0.15, 0.2) is 0 Å². The Labute approximate surface area is 120 Å². The number of benzene rings is 1. The molecule has 0 spiro atoms. The van der Waals surface area contributed by atoms with E-state index in [1.807, 2.05) is 6.92 Å². The standard InChI is InChI=1S/C13H19FN2O3S/c1-3-19-13(17)9-7-12(10(14)8-11(9)15)16-5-6-20(18)4-2/h7-8,16H,3-6,15H2,1-2H3. The first-order valence-electron chi connectivity index (χ1n) is 6.34. The Morgan fingerprint density at radius 3 is 2.75 bits per heavy atom. The summed E-state index contributed by atoms with van der Waals surface area (Å²) < 4.78 is 29.8. The van der Waals surface area contributed by atoms with E-state index in [9.17, 15) is 13.4 Å². The van der Waals surface area contributed by atoms with E-state index < -0.39 is 22.6 Å². The van der Waals surface area contributed by atoms with E-state index >= 15 is 0 Å². The number of carbonyl (C=O) groups excluding carboxylic acids is 1. The summed E-state index contributed by atoms with van der Waals surface area (Å²) in [5.41, 5.74) is 5.90.